The fourth-order valence-corrected chi connectivity index (χ4v) is 3.71. The zero-order valence-corrected chi connectivity index (χ0v) is 17.7. The van der Waals surface area contributed by atoms with Crippen LogP contribution in [0.1, 0.15) is 96.8 Å². The van der Waals surface area contributed by atoms with Crippen molar-refractivity contribution in [2.24, 2.45) is 0 Å². The van der Waals surface area contributed by atoms with Gasteiger partial charge in [0.15, 0.2) is 0 Å². The van der Waals surface area contributed by atoms with Crippen LogP contribution in [0, 0.1) is 0 Å². The molecule has 0 aromatic carbocycles. The second-order valence-corrected chi connectivity index (χ2v) is 8.95. The molecule has 0 rings (SSSR count). The Labute approximate surface area is 158 Å². The normalized spacial score (nSPS) is 12.0. The van der Waals surface area contributed by atoms with Gasteiger partial charge in [-0.2, -0.15) is 11.8 Å². The van der Waals surface area contributed by atoms with Gasteiger partial charge in [0.2, 0.25) is 0 Å². The van der Waals surface area contributed by atoms with Crippen molar-refractivity contribution in [1.82, 2.24) is 0 Å². The van der Waals surface area contributed by atoms with Crippen molar-refractivity contribution in [1.29, 1.82) is 0 Å². The molecule has 5 nitrogen and oxygen atoms in total. The Balaban J connectivity index is 3.02. The lowest BCUT2D eigenvalue weighted by molar-refractivity contribution is -0.216. The summed E-state index contributed by atoms with van der Waals surface area (Å²) >= 11 is 1.73. The number of thioether (sulfide) groups is 1. The van der Waals surface area contributed by atoms with Gasteiger partial charge in [0.25, 0.3) is 0 Å². The third-order valence-electron chi connectivity index (χ3n) is 4.10. The van der Waals surface area contributed by atoms with Crippen LogP contribution in [0.3, 0.4) is 0 Å². The van der Waals surface area contributed by atoms with E-state index in [0.717, 1.165) is 5.75 Å². The number of phosphoric acid groups is 1. The number of hydrogen-bond donors (Lipinski definition) is 2. The van der Waals surface area contributed by atoms with Crippen LogP contribution >= 0.6 is 19.6 Å². The molecule has 0 heterocycles. The predicted molar refractivity (Wildman–Crippen MR) is 107 cm³/mol. The van der Waals surface area contributed by atoms with Gasteiger partial charge in [0.1, 0.15) is 0 Å². The topological polar surface area (TPSA) is 76.0 Å². The SMILES string of the molecule is CCCCCCCCCCCCCCCCSCCOOP(=O)(O)O. The number of unbranched alkanes of at least 4 members (excludes halogenated alkanes) is 13. The van der Waals surface area contributed by atoms with Crippen LogP contribution in [0.15, 0.2) is 0 Å². The molecule has 0 amide bonds. The monoisotopic (exact) mass is 398 g/mol. The van der Waals surface area contributed by atoms with Gasteiger partial charge in [0.05, 0.1) is 6.61 Å². The van der Waals surface area contributed by atoms with E-state index in [1.165, 1.54) is 89.9 Å². The van der Waals surface area contributed by atoms with Crippen molar-refractivity contribution in [3.05, 3.63) is 0 Å². The lowest BCUT2D eigenvalue weighted by Crippen LogP contribution is -1.98. The van der Waals surface area contributed by atoms with Crippen molar-refractivity contribution >= 4 is 19.6 Å². The van der Waals surface area contributed by atoms with E-state index in [-0.39, 0.29) is 6.61 Å². The third kappa shape index (κ3) is 24.4. The Morgan fingerprint density at radius 1 is 0.720 bits per heavy atom. The molecule has 0 saturated heterocycles. The highest BCUT2D eigenvalue weighted by Crippen LogP contribution is 2.35. The van der Waals surface area contributed by atoms with Gasteiger partial charge < -0.3 is 9.79 Å². The molecule has 152 valence electrons. The summed E-state index contributed by atoms with van der Waals surface area (Å²) in [4.78, 5) is 21.3. The molecule has 0 aromatic rings. The van der Waals surface area contributed by atoms with E-state index >= 15 is 0 Å². The smallest absolute Gasteiger partial charge is 0.301 e. The van der Waals surface area contributed by atoms with Crippen molar-refractivity contribution in [2.75, 3.05) is 18.1 Å². The predicted octanol–water partition coefficient (Wildman–Crippen LogP) is 6.24. The maximum absolute atomic E-state index is 10.4. The maximum Gasteiger partial charge on any atom is 0.496 e. The third-order valence-corrected chi connectivity index (χ3v) is 5.44. The average Bonchev–Trinajstić information content (AvgIpc) is 2.56. The second-order valence-electron chi connectivity index (χ2n) is 6.60. The first kappa shape index (κ1) is 25.4. The number of rotatable bonds is 20. The first-order chi connectivity index (χ1) is 12.1. The molecule has 0 bridgehead atoms. The standard InChI is InChI=1S/C18H39O5PS/c1-2-3-4-5-6-7-8-9-10-11-12-13-14-15-17-25-18-16-22-23-24(19,20)21/h2-18H2,1H3,(H2,19,20,21). The van der Waals surface area contributed by atoms with Crippen LogP contribution in [0.2, 0.25) is 0 Å². The molecule has 0 aliphatic heterocycles. The molecular weight excluding hydrogens is 359 g/mol. The van der Waals surface area contributed by atoms with Crippen LogP contribution in [0.4, 0.5) is 0 Å². The molecule has 0 radical (unpaired) electrons. The van der Waals surface area contributed by atoms with Crippen LogP contribution < -0.4 is 0 Å². The molecular formula is C18H39O5PS. The Hall–Kier alpha value is 0.420. The fourth-order valence-electron chi connectivity index (χ4n) is 2.70. The van der Waals surface area contributed by atoms with E-state index in [0.29, 0.717) is 5.75 Å². The first-order valence-corrected chi connectivity index (χ1v) is 12.7. The molecule has 0 spiro atoms. The van der Waals surface area contributed by atoms with Crippen molar-refractivity contribution < 1.29 is 23.9 Å². The molecule has 0 fully saturated rings. The van der Waals surface area contributed by atoms with Crippen molar-refractivity contribution in [3.8, 4) is 0 Å². The largest absolute Gasteiger partial charge is 0.496 e. The highest BCUT2D eigenvalue weighted by Gasteiger charge is 2.14. The Bertz CT molecular complexity index is 312. The molecule has 0 aliphatic carbocycles. The molecule has 2 N–H and O–H groups in total. The van der Waals surface area contributed by atoms with Gasteiger partial charge in [-0.15, -0.1) is 4.67 Å². The summed E-state index contributed by atoms with van der Waals surface area (Å²) in [5, 5.41) is 0. The van der Waals surface area contributed by atoms with Gasteiger partial charge >= 0.3 is 7.82 Å². The highest BCUT2D eigenvalue weighted by atomic mass is 32.2. The summed E-state index contributed by atoms with van der Waals surface area (Å²) in [6.07, 6.45) is 19.1. The molecule has 25 heavy (non-hydrogen) atoms. The summed E-state index contributed by atoms with van der Waals surface area (Å²) in [7, 11) is -4.49. The van der Waals surface area contributed by atoms with Gasteiger partial charge in [-0.25, -0.2) is 9.45 Å². The Morgan fingerprint density at radius 3 is 1.60 bits per heavy atom. The molecule has 0 aliphatic rings. The minimum atomic E-state index is -4.49. The zero-order chi connectivity index (χ0) is 18.6. The van der Waals surface area contributed by atoms with E-state index in [1.54, 1.807) is 11.8 Å². The van der Waals surface area contributed by atoms with Gasteiger partial charge in [-0.05, 0) is 12.2 Å². The minimum Gasteiger partial charge on any atom is -0.301 e. The van der Waals surface area contributed by atoms with Crippen LogP contribution in [-0.4, -0.2) is 27.9 Å². The maximum atomic E-state index is 10.4. The molecule has 0 saturated carbocycles. The second kappa shape index (κ2) is 19.2. The summed E-state index contributed by atoms with van der Waals surface area (Å²) < 4.78 is 14.3. The summed E-state index contributed by atoms with van der Waals surface area (Å²) in [6, 6.07) is 0. The quantitative estimate of drug-likeness (QED) is 0.109. The van der Waals surface area contributed by atoms with Crippen molar-refractivity contribution in [3.63, 3.8) is 0 Å². The first-order valence-electron chi connectivity index (χ1n) is 10.0. The van der Waals surface area contributed by atoms with Gasteiger partial charge in [0, 0.05) is 5.75 Å². The van der Waals surface area contributed by atoms with E-state index < -0.39 is 7.82 Å². The lowest BCUT2D eigenvalue weighted by atomic mass is 10.0. The fraction of sp³-hybridized carbons (Fsp3) is 1.00. The molecule has 0 unspecified atom stereocenters. The van der Waals surface area contributed by atoms with Crippen LogP contribution in [-0.2, 0) is 14.1 Å². The van der Waals surface area contributed by atoms with E-state index in [2.05, 4.69) is 16.5 Å². The van der Waals surface area contributed by atoms with E-state index in [9.17, 15) is 4.57 Å². The Kier molecular flexibility index (Phi) is 19.5. The van der Waals surface area contributed by atoms with Crippen molar-refractivity contribution in [2.45, 2.75) is 96.8 Å². The molecule has 7 heteroatoms. The van der Waals surface area contributed by atoms with Gasteiger partial charge in [-0.1, -0.05) is 90.4 Å². The zero-order valence-electron chi connectivity index (χ0n) is 16.0. The van der Waals surface area contributed by atoms with E-state index in [4.69, 9.17) is 9.79 Å². The summed E-state index contributed by atoms with van der Waals surface area (Å²) in [6.45, 7) is 2.47. The highest BCUT2D eigenvalue weighted by molar-refractivity contribution is 7.99. The van der Waals surface area contributed by atoms with Crippen LogP contribution in [0.5, 0.6) is 0 Å². The number of hydrogen-bond acceptors (Lipinski definition) is 4. The molecule has 0 atom stereocenters. The minimum absolute atomic E-state index is 0.203. The summed E-state index contributed by atoms with van der Waals surface area (Å²) in [5.74, 6) is 1.76. The lowest BCUT2D eigenvalue weighted by Gasteiger charge is -2.05. The Morgan fingerprint density at radius 2 is 1.16 bits per heavy atom. The van der Waals surface area contributed by atoms with Crippen LogP contribution in [0.25, 0.3) is 0 Å². The van der Waals surface area contributed by atoms with E-state index in [1.807, 2.05) is 0 Å². The van der Waals surface area contributed by atoms with Gasteiger partial charge in [-0.3, -0.25) is 0 Å². The molecule has 0 aromatic heterocycles. The average molecular weight is 399 g/mol. The summed E-state index contributed by atoms with van der Waals surface area (Å²) in [5.41, 5.74) is 0.